The van der Waals surface area contributed by atoms with E-state index in [0.717, 1.165) is 17.5 Å². The summed E-state index contributed by atoms with van der Waals surface area (Å²) >= 11 is 0. The molecule has 4 aromatic rings. The number of aromatic nitrogens is 1. The number of nitrogens with zero attached hydrogens (tertiary/aromatic N) is 2. The van der Waals surface area contributed by atoms with E-state index in [1.807, 2.05) is 85.6 Å². The van der Waals surface area contributed by atoms with E-state index in [2.05, 4.69) is 17.1 Å². The summed E-state index contributed by atoms with van der Waals surface area (Å²) < 4.78 is 0. The van der Waals surface area contributed by atoms with Crippen LogP contribution in [0.15, 0.2) is 91.1 Å². The van der Waals surface area contributed by atoms with Crippen LogP contribution in [-0.4, -0.2) is 45.7 Å². The normalized spacial score (nSPS) is 11.0. The number of para-hydroxylation sites is 1. The van der Waals surface area contributed by atoms with Gasteiger partial charge >= 0.3 is 0 Å². The number of nitrogens with one attached hydrogen (secondary N) is 1. The van der Waals surface area contributed by atoms with E-state index in [9.17, 15) is 9.59 Å². The maximum absolute atomic E-state index is 13.5. The first-order valence-electron chi connectivity index (χ1n) is 11.8. The predicted molar refractivity (Wildman–Crippen MR) is 136 cm³/mol. The number of aromatic amines is 1. The van der Waals surface area contributed by atoms with E-state index in [1.165, 1.54) is 10.9 Å². The summed E-state index contributed by atoms with van der Waals surface area (Å²) in [4.78, 5) is 33.5. The van der Waals surface area contributed by atoms with Gasteiger partial charge in [-0.1, -0.05) is 66.7 Å². The molecule has 0 aliphatic carbocycles. The Labute approximate surface area is 201 Å². The van der Waals surface area contributed by atoms with Crippen molar-refractivity contribution in [3.63, 3.8) is 0 Å². The van der Waals surface area contributed by atoms with Gasteiger partial charge in [0.25, 0.3) is 5.91 Å². The van der Waals surface area contributed by atoms with Crippen LogP contribution in [0, 0.1) is 0 Å². The maximum atomic E-state index is 13.5. The second-order valence-electron chi connectivity index (χ2n) is 8.80. The number of benzene rings is 3. The largest absolute Gasteiger partial charge is 0.361 e. The summed E-state index contributed by atoms with van der Waals surface area (Å²) in [5, 5.41) is 1.18. The maximum Gasteiger partial charge on any atom is 0.254 e. The highest BCUT2D eigenvalue weighted by molar-refractivity contribution is 5.96. The smallest absolute Gasteiger partial charge is 0.254 e. The molecule has 0 aliphatic rings. The van der Waals surface area contributed by atoms with Crippen molar-refractivity contribution in [3.8, 4) is 0 Å². The first-order chi connectivity index (χ1) is 16.5. The fraction of sp³-hybridized carbons (Fsp3) is 0.241. The first-order valence-corrected chi connectivity index (χ1v) is 11.8. The molecule has 0 radical (unpaired) electrons. The molecule has 3 aromatic carbocycles. The van der Waals surface area contributed by atoms with Gasteiger partial charge in [0.15, 0.2) is 0 Å². The van der Waals surface area contributed by atoms with Gasteiger partial charge in [-0.3, -0.25) is 9.59 Å². The molecule has 0 unspecified atom stereocenters. The third-order valence-electron chi connectivity index (χ3n) is 6.11. The molecule has 2 amide bonds. The molecular weight excluding hydrogens is 422 g/mol. The van der Waals surface area contributed by atoms with E-state index in [4.69, 9.17) is 0 Å². The molecule has 0 aliphatic heterocycles. The van der Waals surface area contributed by atoms with Crippen molar-refractivity contribution in [2.75, 3.05) is 13.1 Å². The highest BCUT2D eigenvalue weighted by Gasteiger charge is 2.24. The fourth-order valence-electron chi connectivity index (χ4n) is 4.17. The van der Waals surface area contributed by atoms with Crippen LogP contribution in [0.1, 0.15) is 35.3 Å². The number of H-pyrrole nitrogens is 1. The molecule has 1 N–H and O–H groups in total. The molecule has 1 aromatic heterocycles. The monoisotopic (exact) mass is 453 g/mol. The van der Waals surface area contributed by atoms with E-state index in [1.54, 1.807) is 17.0 Å². The van der Waals surface area contributed by atoms with Gasteiger partial charge in [-0.15, -0.1) is 0 Å². The highest BCUT2D eigenvalue weighted by atomic mass is 16.2. The minimum absolute atomic E-state index is 0.0477. The average molecular weight is 454 g/mol. The second kappa shape index (κ2) is 10.8. The lowest BCUT2D eigenvalue weighted by atomic mass is 10.1. The van der Waals surface area contributed by atoms with Gasteiger partial charge in [0.2, 0.25) is 5.91 Å². The molecule has 0 fully saturated rings. The van der Waals surface area contributed by atoms with Gasteiger partial charge in [0.05, 0.1) is 0 Å². The van der Waals surface area contributed by atoms with E-state index in [0.29, 0.717) is 18.7 Å². The summed E-state index contributed by atoms with van der Waals surface area (Å²) in [6.45, 7) is 5.02. The minimum Gasteiger partial charge on any atom is -0.361 e. The van der Waals surface area contributed by atoms with Crippen LogP contribution in [0.2, 0.25) is 0 Å². The fourth-order valence-corrected chi connectivity index (χ4v) is 4.17. The van der Waals surface area contributed by atoms with Crippen molar-refractivity contribution in [3.05, 3.63) is 108 Å². The highest BCUT2D eigenvalue weighted by Crippen LogP contribution is 2.19. The summed E-state index contributed by atoms with van der Waals surface area (Å²) in [5.41, 5.74) is 3.94. The third-order valence-corrected chi connectivity index (χ3v) is 6.11. The van der Waals surface area contributed by atoms with Crippen molar-refractivity contribution < 1.29 is 9.59 Å². The Morgan fingerprint density at radius 2 is 1.50 bits per heavy atom. The van der Waals surface area contributed by atoms with Gasteiger partial charge in [0.1, 0.15) is 6.54 Å². The Morgan fingerprint density at radius 1 is 0.853 bits per heavy atom. The van der Waals surface area contributed by atoms with Crippen LogP contribution in [0.5, 0.6) is 0 Å². The Kier molecular flexibility index (Phi) is 7.43. The standard InChI is InChI=1S/C29H31N3O2/c1-22(2)32(29(34)24-13-7-4-8-14-24)21-28(33)31(20-23-11-5-3-6-12-23)18-17-25-19-30-27-16-10-9-15-26(25)27/h3-16,19,22,30H,17-18,20-21H2,1-2H3. The summed E-state index contributed by atoms with van der Waals surface area (Å²) in [6, 6.07) is 27.3. The molecule has 0 spiro atoms. The summed E-state index contributed by atoms with van der Waals surface area (Å²) in [6.07, 6.45) is 2.76. The van der Waals surface area contributed by atoms with Gasteiger partial charge in [-0.05, 0) is 49.6 Å². The van der Waals surface area contributed by atoms with Crippen LogP contribution in [0.25, 0.3) is 10.9 Å². The van der Waals surface area contributed by atoms with Crippen LogP contribution < -0.4 is 0 Å². The number of rotatable bonds is 9. The number of carbonyl (C=O) groups is 2. The molecule has 174 valence electrons. The number of amides is 2. The Hall–Kier alpha value is -3.86. The van der Waals surface area contributed by atoms with Crippen molar-refractivity contribution >= 4 is 22.7 Å². The van der Waals surface area contributed by atoms with Crippen molar-refractivity contribution in [2.24, 2.45) is 0 Å². The van der Waals surface area contributed by atoms with Crippen molar-refractivity contribution in [2.45, 2.75) is 32.9 Å². The van der Waals surface area contributed by atoms with E-state index < -0.39 is 0 Å². The Bertz CT molecular complexity index is 1230. The number of carbonyl (C=O) groups excluding carboxylic acids is 2. The lowest BCUT2D eigenvalue weighted by Crippen LogP contribution is -2.46. The molecule has 0 saturated heterocycles. The van der Waals surface area contributed by atoms with Gasteiger partial charge in [-0.2, -0.15) is 0 Å². The molecule has 0 saturated carbocycles. The molecule has 1 heterocycles. The molecule has 0 atom stereocenters. The Morgan fingerprint density at radius 3 is 2.21 bits per heavy atom. The van der Waals surface area contributed by atoms with Crippen LogP contribution in [-0.2, 0) is 17.8 Å². The second-order valence-corrected chi connectivity index (χ2v) is 8.80. The SMILES string of the molecule is CC(C)N(CC(=O)N(CCc1c[nH]c2ccccc12)Cc1ccccc1)C(=O)c1ccccc1. The third kappa shape index (κ3) is 5.54. The van der Waals surface area contributed by atoms with Gasteiger partial charge < -0.3 is 14.8 Å². The topological polar surface area (TPSA) is 56.4 Å². The molecular formula is C29H31N3O2. The summed E-state index contributed by atoms with van der Waals surface area (Å²) in [7, 11) is 0. The Balaban J connectivity index is 1.53. The zero-order chi connectivity index (χ0) is 23.9. The molecule has 5 heteroatoms. The van der Waals surface area contributed by atoms with Crippen molar-refractivity contribution in [1.82, 2.24) is 14.8 Å². The average Bonchev–Trinajstić information content (AvgIpc) is 3.28. The van der Waals surface area contributed by atoms with Crippen LogP contribution >= 0.6 is 0 Å². The molecule has 34 heavy (non-hydrogen) atoms. The first kappa shape index (κ1) is 23.3. The van der Waals surface area contributed by atoms with E-state index in [-0.39, 0.29) is 24.4 Å². The van der Waals surface area contributed by atoms with Gasteiger partial charge in [-0.25, -0.2) is 0 Å². The summed E-state index contributed by atoms with van der Waals surface area (Å²) in [5.74, 6) is -0.179. The van der Waals surface area contributed by atoms with Crippen LogP contribution in [0.3, 0.4) is 0 Å². The minimum atomic E-state index is -0.125. The zero-order valence-corrected chi connectivity index (χ0v) is 19.8. The zero-order valence-electron chi connectivity index (χ0n) is 19.8. The number of hydrogen-bond acceptors (Lipinski definition) is 2. The number of hydrogen-bond donors (Lipinski definition) is 1. The molecule has 0 bridgehead atoms. The predicted octanol–water partition coefficient (Wildman–Crippen LogP) is 5.29. The van der Waals surface area contributed by atoms with Crippen molar-refractivity contribution in [1.29, 1.82) is 0 Å². The lowest BCUT2D eigenvalue weighted by Gasteiger charge is -2.30. The lowest BCUT2D eigenvalue weighted by molar-refractivity contribution is -0.132. The van der Waals surface area contributed by atoms with Crippen LogP contribution in [0.4, 0.5) is 0 Å². The molecule has 5 nitrogen and oxygen atoms in total. The number of fused-ring (bicyclic) bond motifs is 1. The van der Waals surface area contributed by atoms with Gasteiger partial charge in [0, 0.05) is 41.8 Å². The quantitative estimate of drug-likeness (QED) is 0.374. The van der Waals surface area contributed by atoms with E-state index >= 15 is 0 Å². The molecule has 4 rings (SSSR count).